The van der Waals surface area contributed by atoms with E-state index in [-0.39, 0.29) is 16.8 Å². The zero-order valence-corrected chi connectivity index (χ0v) is 14.3. The van der Waals surface area contributed by atoms with Gasteiger partial charge in [0, 0.05) is 17.1 Å². The molecule has 1 aromatic carbocycles. The van der Waals surface area contributed by atoms with E-state index in [1.165, 1.54) is 11.8 Å². The Morgan fingerprint density at radius 2 is 2.08 bits per heavy atom. The summed E-state index contributed by atoms with van der Waals surface area (Å²) in [5, 5.41) is 12.6. The van der Waals surface area contributed by atoms with E-state index >= 15 is 0 Å². The van der Waals surface area contributed by atoms with Gasteiger partial charge in [0.25, 0.3) is 0 Å². The lowest BCUT2D eigenvalue weighted by molar-refractivity contribution is -0.113. The molecule has 0 spiro atoms. The summed E-state index contributed by atoms with van der Waals surface area (Å²) in [5.41, 5.74) is 2.78. The maximum absolute atomic E-state index is 12.0. The van der Waals surface area contributed by atoms with Gasteiger partial charge in [0.1, 0.15) is 5.52 Å². The number of aromatic amines is 1. The smallest absolute Gasteiger partial charge is 0.234 e. The van der Waals surface area contributed by atoms with Crippen LogP contribution in [0.4, 0.5) is 5.69 Å². The second-order valence-electron chi connectivity index (χ2n) is 5.14. The summed E-state index contributed by atoms with van der Waals surface area (Å²) >= 11 is 7.12. The summed E-state index contributed by atoms with van der Waals surface area (Å²) in [6, 6.07) is 11.2. The van der Waals surface area contributed by atoms with Crippen molar-refractivity contribution >= 4 is 57.0 Å². The van der Waals surface area contributed by atoms with Crippen molar-refractivity contribution in [2.24, 2.45) is 0 Å². The minimum absolute atomic E-state index is 0.138. The van der Waals surface area contributed by atoms with E-state index in [4.69, 9.17) is 11.6 Å². The first kappa shape index (κ1) is 15.8. The van der Waals surface area contributed by atoms with Crippen molar-refractivity contribution in [3.8, 4) is 0 Å². The fourth-order valence-electron chi connectivity index (χ4n) is 2.36. The van der Waals surface area contributed by atoms with Gasteiger partial charge in [-0.1, -0.05) is 41.6 Å². The van der Waals surface area contributed by atoms with Gasteiger partial charge in [0.05, 0.1) is 11.4 Å². The SMILES string of the molecule is O=C(CSc1nnc2c(n1)[nH]c1ccccc12)Nc1cccnc1Cl. The number of rotatable bonds is 4. The number of carbonyl (C=O) groups is 1. The molecular weight excluding hydrogens is 360 g/mol. The van der Waals surface area contributed by atoms with E-state index in [0.29, 0.717) is 22.0 Å². The molecule has 0 saturated carbocycles. The number of nitrogens with zero attached hydrogens (tertiary/aromatic N) is 4. The van der Waals surface area contributed by atoms with Crippen molar-refractivity contribution < 1.29 is 4.79 Å². The first-order valence-electron chi connectivity index (χ1n) is 7.35. The number of hydrogen-bond acceptors (Lipinski definition) is 6. The van der Waals surface area contributed by atoms with E-state index in [1.807, 2.05) is 24.3 Å². The number of amides is 1. The molecule has 9 heteroatoms. The first-order valence-corrected chi connectivity index (χ1v) is 8.71. The number of H-pyrrole nitrogens is 1. The molecule has 3 aromatic heterocycles. The number of aromatic nitrogens is 5. The van der Waals surface area contributed by atoms with Crippen LogP contribution in [-0.4, -0.2) is 36.8 Å². The molecule has 0 radical (unpaired) electrons. The lowest BCUT2D eigenvalue weighted by Gasteiger charge is -2.05. The molecule has 25 heavy (non-hydrogen) atoms. The third-order valence-electron chi connectivity index (χ3n) is 3.47. The number of fused-ring (bicyclic) bond motifs is 3. The first-order chi connectivity index (χ1) is 12.2. The number of pyridine rings is 1. The van der Waals surface area contributed by atoms with Gasteiger partial charge in [-0.25, -0.2) is 9.97 Å². The average Bonchev–Trinajstić information content (AvgIpc) is 3.00. The number of benzene rings is 1. The Morgan fingerprint density at radius 3 is 2.96 bits per heavy atom. The van der Waals surface area contributed by atoms with Crippen LogP contribution in [0, 0.1) is 0 Å². The van der Waals surface area contributed by atoms with Crippen LogP contribution in [0.5, 0.6) is 0 Å². The van der Waals surface area contributed by atoms with Gasteiger partial charge in [0.15, 0.2) is 10.8 Å². The van der Waals surface area contributed by atoms with Crippen LogP contribution in [-0.2, 0) is 4.79 Å². The van der Waals surface area contributed by atoms with Crippen LogP contribution in [0.2, 0.25) is 5.15 Å². The molecule has 0 atom stereocenters. The van der Waals surface area contributed by atoms with Crippen molar-refractivity contribution in [2.75, 3.05) is 11.1 Å². The van der Waals surface area contributed by atoms with Crippen LogP contribution in [0.15, 0.2) is 47.8 Å². The highest BCUT2D eigenvalue weighted by Gasteiger charge is 2.11. The van der Waals surface area contributed by atoms with Crippen molar-refractivity contribution in [3.63, 3.8) is 0 Å². The standard InChI is InChI=1S/C16H11ClN6OS/c17-14-11(6-3-7-18-14)19-12(24)8-25-16-21-15-13(22-23-16)9-4-1-2-5-10(9)20-15/h1-7H,8H2,(H,19,24)(H,20,21,23). The number of nitrogens with one attached hydrogen (secondary N) is 2. The summed E-state index contributed by atoms with van der Waals surface area (Å²) in [6.45, 7) is 0. The molecule has 0 unspecified atom stereocenters. The summed E-state index contributed by atoms with van der Waals surface area (Å²) in [5.74, 6) is -0.0845. The van der Waals surface area contributed by atoms with Crippen molar-refractivity contribution in [3.05, 3.63) is 47.7 Å². The van der Waals surface area contributed by atoms with E-state index in [0.717, 1.165) is 10.9 Å². The highest BCUT2D eigenvalue weighted by Crippen LogP contribution is 2.23. The summed E-state index contributed by atoms with van der Waals surface area (Å²) in [6.07, 6.45) is 1.56. The van der Waals surface area contributed by atoms with E-state index < -0.39 is 0 Å². The van der Waals surface area contributed by atoms with Crippen molar-refractivity contribution in [1.82, 2.24) is 25.1 Å². The minimum Gasteiger partial charge on any atom is -0.338 e. The third-order valence-corrected chi connectivity index (χ3v) is 4.61. The minimum atomic E-state index is -0.222. The molecule has 0 fully saturated rings. The van der Waals surface area contributed by atoms with Crippen molar-refractivity contribution in [1.29, 1.82) is 0 Å². The molecule has 0 aliphatic carbocycles. The number of para-hydroxylation sites is 1. The third kappa shape index (κ3) is 3.26. The zero-order valence-electron chi connectivity index (χ0n) is 12.7. The topological polar surface area (TPSA) is 96.5 Å². The monoisotopic (exact) mass is 370 g/mol. The predicted octanol–water partition coefficient (Wildman–Crippen LogP) is 3.29. The molecular formula is C16H11ClN6OS. The van der Waals surface area contributed by atoms with Crippen molar-refractivity contribution in [2.45, 2.75) is 5.16 Å². The Hall–Kier alpha value is -2.71. The number of hydrogen-bond donors (Lipinski definition) is 2. The van der Waals surface area contributed by atoms with E-state index in [1.54, 1.807) is 18.3 Å². The summed E-state index contributed by atoms with van der Waals surface area (Å²) in [7, 11) is 0. The number of thioether (sulfide) groups is 1. The second kappa shape index (κ2) is 6.66. The highest BCUT2D eigenvalue weighted by molar-refractivity contribution is 7.99. The van der Waals surface area contributed by atoms with Crippen LogP contribution in [0.3, 0.4) is 0 Å². The lowest BCUT2D eigenvalue weighted by Crippen LogP contribution is -2.14. The Bertz CT molecular complexity index is 1080. The predicted molar refractivity (Wildman–Crippen MR) is 97.8 cm³/mol. The highest BCUT2D eigenvalue weighted by atomic mass is 35.5. The van der Waals surface area contributed by atoms with E-state index in [2.05, 4.69) is 30.5 Å². The van der Waals surface area contributed by atoms with Gasteiger partial charge in [-0.05, 0) is 18.2 Å². The molecule has 4 rings (SSSR count). The number of carbonyl (C=O) groups excluding carboxylic acids is 1. The lowest BCUT2D eigenvalue weighted by atomic mass is 10.2. The Morgan fingerprint density at radius 1 is 1.20 bits per heavy atom. The van der Waals surface area contributed by atoms with Gasteiger partial charge in [-0.3, -0.25) is 4.79 Å². The van der Waals surface area contributed by atoms with Gasteiger partial charge >= 0.3 is 0 Å². The molecule has 124 valence electrons. The van der Waals surface area contributed by atoms with Crippen LogP contribution in [0.25, 0.3) is 22.1 Å². The summed E-state index contributed by atoms with van der Waals surface area (Å²) in [4.78, 5) is 23.6. The largest absolute Gasteiger partial charge is 0.338 e. The summed E-state index contributed by atoms with van der Waals surface area (Å²) < 4.78 is 0. The molecule has 0 bridgehead atoms. The fourth-order valence-corrected chi connectivity index (χ4v) is 3.12. The molecule has 0 saturated heterocycles. The molecule has 2 N–H and O–H groups in total. The maximum Gasteiger partial charge on any atom is 0.234 e. The van der Waals surface area contributed by atoms with Gasteiger partial charge in [0.2, 0.25) is 11.1 Å². The Labute approximate surface area is 151 Å². The molecule has 0 aliphatic rings. The van der Waals surface area contributed by atoms with E-state index in [9.17, 15) is 4.79 Å². The van der Waals surface area contributed by atoms with Gasteiger partial charge < -0.3 is 10.3 Å². The van der Waals surface area contributed by atoms with Crippen LogP contribution < -0.4 is 5.32 Å². The second-order valence-corrected chi connectivity index (χ2v) is 6.44. The van der Waals surface area contributed by atoms with Gasteiger partial charge in [-0.15, -0.1) is 10.2 Å². The maximum atomic E-state index is 12.0. The molecule has 4 aromatic rings. The quantitative estimate of drug-likeness (QED) is 0.422. The molecule has 7 nitrogen and oxygen atoms in total. The Balaban J connectivity index is 1.48. The number of anilines is 1. The molecule has 0 aliphatic heterocycles. The van der Waals surface area contributed by atoms with Crippen LogP contribution >= 0.6 is 23.4 Å². The number of halogens is 1. The van der Waals surface area contributed by atoms with Gasteiger partial charge in [-0.2, -0.15) is 0 Å². The Kier molecular flexibility index (Phi) is 4.21. The van der Waals surface area contributed by atoms with Crippen LogP contribution in [0.1, 0.15) is 0 Å². The normalized spacial score (nSPS) is 11.1. The fraction of sp³-hybridized carbons (Fsp3) is 0.0625. The molecule has 1 amide bonds. The molecule has 3 heterocycles. The zero-order chi connectivity index (χ0) is 17.2. The average molecular weight is 371 g/mol.